The van der Waals surface area contributed by atoms with Crippen LogP contribution in [-0.2, 0) is 18.3 Å². The predicted octanol–water partition coefficient (Wildman–Crippen LogP) is -1.49. The van der Waals surface area contributed by atoms with Crippen LogP contribution in [0.1, 0.15) is 0 Å². The smallest absolute Gasteiger partial charge is 0.134 e. The molecule has 0 aromatic carbocycles. The Balaban J connectivity index is -0.0000000600. The van der Waals surface area contributed by atoms with Gasteiger partial charge in [0.15, 0.2) is 0 Å². The summed E-state index contributed by atoms with van der Waals surface area (Å²) in [5.74, 6) is 0. The van der Waals surface area contributed by atoms with Crippen LogP contribution in [0.5, 0.6) is 0 Å². The minimum atomic E-state index is -2.87. The molecule has 0 saturated carbocycles. The van der Waals surface area contributed by atoms with E-state index in [4.69, 9.17) is 57.4 Å². The molecule has 0 bridgehead atoms. The molecule has 0 spiro atoms. The van der Waals surface area contributed by atoms with Crippen molar-refractivity contribution in [1.29, 1.82) is 0 Å². The van der Waals surface area contributed by atoms with Gasteiger partial charge >= 0.3 is 33.0 Å². The van der Waals surface area contributed by atoms with Crippen LogP contribution in [0.15, 0.2) is 0 Å². The average Bonchev–Trinajstić information content (AvgIpc) is 1.76. The van der Waals surface area contributed by atoms with Crippen LogP contribution in [0.3, 0.4) is 0 Å². The summed E-state index contributed by atoms with van der Waals surface area (Å²) in [6.07, 6.45) is 0. The topological polar surface area (TPSA) is 230 Å². The highest BCUT2D eigenvalue weighted by molar-refractivity contribution is 7.31. The Morgan fingerprint density at radius 3 is 0.375 bits per heavy atom. The molecule has 0 atom stereocenters. The van der Waals surface area contributed by atoms with Crippen molar-refractivity contribution < 1.29 is 57.4 Å². The summed E-state index contributed by atoms with van der Waals surface area (Å²) in [4.78, 5) is 57.0. The van der Waals surface area contributed by atoms with Crippen LogP contribution in [0, 0.1) is 0 Å². The molecule has 0 aromatic rings. The minimum Gasteiger partial charge on any atom is -0.134 e. The third-order valence-electron chi connectivity index (χ3n) is 0. The fourth-order valence-electron chi connectivity index (χ4n) is 0. The molecule has 0 saturated heterocycles. The van der Waals surface area contributed by atoms with Crippen LogP contribution in [0.2, 0.25) is 0 Å². The maximum absolute atomic E-state index is 8.70. The molecule has 0 unspecified atom stereocenters. The van der Waals surface area contributed by atoms with Crippen molar-refractivity contribution >= 4 is 33.0 Å². The van der Waals surface area contributed by atoms with E-state index in [1.807, 2.05) is 0 Å². The van der Waals surface area contributed by atoms with Crippen LogP contribution in [0.4, 0.5) is 0 Å². The van der Waals surface area contributed by atoms with E-state index in [0.717, 1.165) is 0 Å². The molecule has 16 heteroatoms. The molecule has 0 amide bonds. The van der Waals surface area contributed by atoms with Crippen LogP contribution in [-0.4, -0.2) is 39.1 Å². The largest absolute Gasteiger partial charge is 0.692 e. The third-order valence-corrected chi connectivity index (χ3v) is 0. The summed E-state index contributed by atoms with van der Waals surface area (Å²) in [6.45, 7) is 0. The Morgan fingerprint density at radius 2 is 0.375 bits per heavy atom. The first-order valence-electron chi connectivity index (χ1n) is 2.33. The highest BCUT2D eigenvalue weighted by Gasteiger charge is 1.94. The first-order chi connectivity index (χ1) is 6.93. The van der Waals surface area contributed by atoms with Gasteiger partial charge in [-0.2, -0.15) is 0 Å². The van der Waals surface area contributed by atoms with Crippen molar-refractivity contribution in [2.24, 2.45) is 0 Å². The molecular formula is H8O12P4+4. The molecule has 0 aliphatic rings. The quantitative estimate of drug-likeness (QED) is 0.238. The summed E-state index contributed by atoms with van der Waals surface area (Å²) in [5.41, 5.74) is 0. The Hall–Kier alpha value is 0.0800. The molecule has 16 heavy (non-hydrogen) atoms. The van der Waals surface area contributed by atoms with Crippen molar-refractivity contribution in [3.63, 3.8) is 0 Å². The molecule has 8 N–H and O–H groups in total. The second-order valence-electron chi connectivity index (χ2n) is 1.01. The SMILES string of the molecule is O=[P+](O)O.O=[P+](O)O.O=[P+](O)O.O=[P+](O)O. The lowest BCUT2D eigenvalue weighted by molar-refractivity contribution is 0.403. The van der Waals surface area contributed by atoms with E-state index in [0.29, 0.717) is 0 Å². The molecule has 96 valence electrons. The zero-order valence-electron chi connectivity index (χ0n) is 7.00. The number of hydrogen-bond donors (Lipinski definition) is 8. The Labute approximate surface area is 91.3 Å². The van der Waals surface area contributed by atoms with Crippen LogP contribution >= 0.6 is 33.0 Å². The second kappa shape index (κ2) is 20.5. The highest BCUT2D eigenvalue weighted by Crippen LogP contribution is 1.99. The highest BCUT2D eigenvalue weighted by atomic mass is 31.1. The molecule has 0 radical (unpaired) electrons. The second-order valence-corrected chi connectivity index (χ2v) is 3.03. The van der Waals surface area contributed by atoms with Gasteiger partial charge < -0.3 is 0 Å². The summed E-state index contributed by atoms with van der Waals surface area (Å²) in [6, 6.07) is 0. The third kappa shape index (κ3) is 376000. The molecule has 0 aromatic heterocycles. The van der Waals surface area contributed by atoms with Crippen molar-refractivity contribution in [1.82, 2.24) is 0 Å². The van der Waals surface area contributed by atoms with Gasteiger partial charge in [0.25, 0.3) is 0 Å². The van der Waals surface area contributed by atoms with Gasteiger partial charge in [0, 0.05) is 18.3 Å². The zero-order chi connectivity index (χ0) is 14.3. The molecule has 0 aliphatic carbocycles. The summed E-state index contributed by atoms with van der Waals surface area (Å²) in [7, 11) is -11.5. The predicted molar refractivity (Wildman–Crippen MR) is 48.2 cm³/mol. The van der Waals surface area contributed by atoms with Crippen molar-refractivity contribution in [3.05, 3.63) is 0 Å². The average molecular weight is 324 g/mol. The molecule has 0 aliphatic heterocycles. The van der Waals surface area contributed by atoms with E-state index in [9.17, 15) is 0 Å². The van der Waals surface area contributed by atoms with Gasteiger partial charge in [-0.15, -0.1) is 39.1 Å². The lowest BCUT2D eigenvalue weighted by Crippen LogP contribution is -1.38. The van der Waals surface area contributed by atoms with Gasteiger partial charge in [-0.25, -0.2) is 0 Å². The summed E-state index contributed by atoms with van der Waals surface area (Å²) < 4.78 is 34.8. The van der Waals surface area contributed by atoms with Crippen molar-refractivity contribution in [2.75, 3.05) is 0 Å². The molecule has 12 nitrogen and oxygen atoms in total. The Kier molecular flexibility index (Phi) is 32.1. The number of rotatable bonds is 0. The molecule has 0 rings (SSSR count). The summed E-state index contributed by atoms with van der Waals surface area (Å²) >= 11 is 0. The fourth-order valence-corrected chi connectivity index (χ4v) is 0. The normalized spacial score (nSPS) is 6.50. The van der Waals surface area contributed by atoms with Crippen molar-refractivity contribution in [3.8, 4) is 0 Å². The van der Waals surface area contributed by atoms with E-state index in [1.165, 1.54) is 0 Å². The maximum Gasteiger partial charge on any atom is 0.692 e. The Bertz CT molecular complexity index is 153. The monoisotopic (exact) mass is 324 g/mol. The first-order valence-corrected chi connectivity index (χ1v) is 6.99. The van der Waals surface area contributed by atoms with E-state index >= 15 is 0 Å². The summed E-state index contributed by atoms with van der Waals surface area (Å²) in [5, 5.41) is 0. The van der Waals surface area contributed by atoms with E-state index in [2.05, 4.69) is 0 Å². The van der Waals surface area contributed by atoms with Gasteiger partial charge in [-0.1, -0.05) is 0 Å². The van der Waals surface area contributed by atoms with Gasteiger partial charge in [-0.3, -0.25) is 0 Å². The molecular weight excluding hydrogens is 316 g/mol. The number of hydrogen-bond acceptors (Lipinski definition) is 4. The lowest BCUT2D eigenvalue weighted by atomic mass is 15.8. The van der Waals surface area contributed by atoms with Crippen LogP contribution in [0.25, 0.3) is 0 Å². The van der Waals surface area contributed by atoms with Crippen LogP contribution < -0.4 is 0 Å². The standard InChI is InChI=1S/4HO3P/c4*1-4(2)3/h4*(H-,1,2,3)/p+4. The minimum absolute atomic E-state index is 2.87. The fraction of sp³-hybridized carbons (Fsp3) is 0. The van der Waals surface area contributed by atoms with Gasteiger partial charge in [0.2, 0.25) is 0 Å². The van der Waals surface area contributed by atoms with Gasteiger partial charge in [-0.05, 0) is 0 Å². The Morgan fingerprint density at radius 1 is 0.375 bits per heavy atom. The maximum atomic E-state index is 8.70. The van der Waals surface area contributed by atoms with Gasteiger partial charge in [0.05, 0.1) is 0 Å². The van der Waals surface area contributed by atoms with E-state index in [1.54, 1.807) is 0 Å². The molecule has 0 heterocycles. The van der Waals surface area contributed by atoms with Crippen molar-refractivity contribution in [2.45, 2.75) is 0 Å². The van der Waals surface area contributed by atoms with E-state index < -0.39 is 33.0 Å². The zero-order valence-corrected chi connectivity index (χ0v) is 10.6. The first kappa shape index (κ1) is 25.1. The molecule has 0 fully saturated rings. The van der Waals surface area contributed by atoms with Gasteiger partial charge in [0.1, 0.15) is 0 Å². The van der Waals surface area contributed by atoms with E-state index in [-0.39, 0.29) is 0 Å². The lowest BCUT2D eigenvalue weighted by Gasteiger charge is -1.34.